The molecule has 2 fully saturated rings. The SMILES string of the molecule is CC(C)c1cncc(C2CC2c2ccc(OCC(C(=O)C3CC3)=C(N)c3c(Cl)cccc3Cl)cc2Cl)c1. The third-order valence-electron chi connectivity index (χ3n) is 7.22. The summed E-state index contributed by atoms with van der Waals surface area (Å²) in [7, 11) is 0. The molecule has 1 aromatic heterocycles. The Morgan fingerprint density at radius 2 is 1.76 bits per heavy atom. The number of benzene rings is 2. The number of carbonyl (C=O) groups is 1. The number of rotatable bonds is 9. The van der Waals surface area contributed by atoms with Gasteiger partial charge in [0, 0.05) is 28.9 Å². The molecule has 4 nitrogen and oxygen atoms in total. The first-order valence-corrected chi connectivity index (χ1v) is 13.7. The van der Waals surface area contributed by atoms with Crippen LogP contribution >= 0.6 is 34.8 Å². The molecule has 1 heterocycles. The Morgan fingerprint density at radius 1 is 1.03 bits per heavy atom. The molecule has 192 valence electrons. The van der Waals surface area contributed by atoms with Crippen molar-refractivity contribution in [1.82, 2.24) is 4.98 Å². The third-order valence-corrected chi connectivity index (χ3v) is 8.18. The summed E-state index contributed by atoms with van der Waals surface area (Å²) in [6.45, 7) is 4.37. The topological polar surface area (TPSA) is 65.2 Å². The van der Waals surface area contributed by atoms with Crippen LogP contribution in [0.15, 0.2) is 60.4 Å². The van der Waals surface area contributed by atoms with Crippen LogP contribution in [0.5, 0.6) is 5.75 Å². The van der Waals surface area contributed by atoms with Gasteiger partial charge >= 0.3 is 0 Å². The maximum Gasteiger partial charge on any atom is 0.167 e. The van der Waals surface area contributed by atoms with E-state index in [1.807, 2.05) is 30.6 Å². The van der Waals surface area contributed by atoms with Gasteiger partial charge < -0.3 is 10.5 Å². The average molecular weight is 556 g/mol. The Hall–Kier alpha value is -2.53. The second-order valence-corrected chi connectivity index (χ2v) is 11.5. The van der Waals surface area contributed by atoms with Gasteiger partial charge in [-0.3, -0.25) is 9.78 Å². The van der Waals surface area contributed by atoms with E-state index in [1.165, 1.54) is 11.1 Å². The Balaban J connectivity index is 1.33. The predicted octanol–water partition coefficient (Wildman–Crippen LogP) is 8.16. The highest BCUT2D eigenvalue weighted by atomic mass is 35.5. The van der Waals surface area contributed by atoms with Gasteiger partial charge in [-0.2, -0.15) is 0 Å². The van der Waals surface area contributed by atoms with Crippen LogP contribution in [-0.4, -0.2) is 17.4 Å². The number of halogens is 3. The molecule has 2 atom stereocenters. The van der Waals surface area contributed by atoms with E-state index in [-0.39, 0.29) is 24.0 Å². The first-order valence-electron chi connectivity index (χ1n) is 12.6. The fraction of sp³-hybridized carbons (Fsp3) is 0.333. The van der Waals surface area contributed by atoms with Gasteiger partial charge in [-0.05, 0) is 78.0 Å². The van der Waals surface area contributed by atoms with Crippen molar-refractivity contribution in [3.05, 3.63) is 97.8 Å². The van der Waals surface area contributed by atoms with Crippen LogP contribution in [-0.2, 0) is 4.79 Å². The van der Waals surface area contributed by atoms with Crippen molar-refractivity contribution in [2.75, 3.05) is 6.61 Å². The smallest absolute Gasteiger partial charge is 0.167 e. The summed E-state index contributed by atoms with van der Waals surface area (Å²) in [4.78, 5) is 17.5. The number of nitrogens with zero attached hydrogens (tertiary/aromatic N) is 1. The van der Waals surface area contributed by atoms with Crippen LogP contribution in [0, 0.1) is 5.92 Å². The summed E-state index contributed by atoms with van der Waals surface area (Å²) >= 11 is 19.4. The van der Waals surface area contributed by atoms with Crippen LogP contribution in [0.4, 0.5) is 0 Å². The van der Waals surface area contributed by atoms with E-state index in [4.69, 9.17) is 45.3 Å². The maximum atomic E-state index is 13.1. The summed E-state index contributed by atoms with van der Waals surface area (Å²) in [5, 5.41) is 1.44. The van der Waals surface area contributed by atoms with E-state index in [2.05, 4.69) is 24.9 Å². The number of carbonyl (C=O) groups excluding carboxylic acids is 1. The first-order chi connectivity index (χ1) is 17.7. The monoisotopic (exact) mass is 554 g/mol. The number of hydrogen-bond acceptors (Lipinski definition) is 4. The Labute approximate surface area is 232 Å². The van der Waals surface area contributed by atoms with Crippen LogP contribution < -0.4 is 10.5 Å². The minimum absolute atomic E-state index is 0.0120. The van der Waals surface area contributed by atoms with Crippen LogP contribution in [0.3, 0.4) is 0 Å². The molecule has 0 spiro atoms. The number of aromatic nitrogens is 1. The van der Waals surface area contributed by atoms with Crippen molar-refractivity contribution in [2.45, 2.75) is 50.9 Å². The molecule has 2 unspecified atom stereocenters. The molecule has 2 N–H and O–H groups in total. The molecule has 0 amide bonds. The molecule has 0 radical (unpaired) electrons. The van der Waals surface area contributed by atoms with Crippen LogP contribution in [0.25, 0.3) is 5.70 Å². The van der Waals surface area contributed by atoms with Gasteiger partial charge in [0.2, 0.25) is 0 Å². The predicted molar refractivity (Wildman–Crippen MR) is 151 cm³/mol. The maximum absolute atomic E-state index is 13.1. The molecule has 0 aliphatic heterocycles. The van der Waals surface area contributed by atoms with Gasteiger partial charge in [-0.25, -0.2) is 0 Å². The Morgan fingerprint density at radius 3 is 2.41 bits per heavy atom. The molecular formula is C30H29Cl3N2O2. The quantitative estimate of drug-likeness (QED) is 0.270. The second-order valence-electron chi connectivity index (χ2n) is 10.3. The minimum atomic E-state index is -0.0279. The first kappa shape index (κ1) is 26.1. The van der Waals surface area contributed by atoms with Gasteiger partial charge in [0.05, 0.1) is 21.3 Å². The molecular weight excluding hydrogens is 527 g/mol. The number of ketones is 1. The summed E-state index contributed by atoms with van der Waals surface area (Å²) in [6.07, 6.45) is 6.65. The van der Waals surface area contributed by atoms with Gasteiger partial charge in [0.1, 0.15) is 12.4 Å². The second kappa shape index (κ2) is 10.7. The number of Topliss-reactive ketones (excluding diaryl/α,β-unsaturated/α-hetero) is 1. The van der Waals surface area contributed by atoms with E-state index in [0.29, 0.717) is 49.7 Å². The van der Waals surface area contributed by atoms with Crippen molar-refractivity contribution < 1.29 is 9.53 Å². The summed E-state index contributed by atoms with van der Waals surface area (Å²) in [6, 6.07) is 13.1. The normalized spacial score (nSPS) is 19.5. The molecule has 7 heteroatoms. The molecule has 3 aromatic rings. The lowest BCUT2D eigenvalue weighted by molar-refractivity contribution is -0.116. The molecule has 2 aliphatic rings. The highest BCUT2D eigenvalue weighted by molar-refractivity contribution is 6.37. The highest BCUT2D eigenvalue weighted by Gasteiger charge is 2.41. The van der Waals surface area contributed by atoms with Crippen LogP contribution in [0.1, 0.15) is 73.1 Å². The Kier molecular flexibility index (Phi) is 7.53. The fourth-order valence-corrected chi connectivity index (χ4v) is 5.65. The van der Waals surface area contributed by atoms with E-state index in [0.717, 1.165) is 24.8 Å². The number of nitrogens with two attached hydrogens (primary N) is 1. The van der Waals surface area contributed by atoms with Crippen molar-refractivity contribution in [3.8, 4) is 5.75 Å². The van der Waals surface area contributed by atoms with Gasteiger partial charge in [-0.1, -0.05) is 66.8 Å². The van der Waals surface area contributed by atoms with E-state index < -0.39 is 0 Å². The van der Waals surface area contributed by atoms with Crippen molar-refractivity contribution in [2.24, 2.45) is 11.7 Å². The highest BCUT2D eigenvalue weighted by Crippen LogP contribution is 2.56. The minimum Gasteiger partial charge on any atom is -0.489 e. The van der Waals surface area contributed by atoms with E-state index in [1.54, 1.807) is 18.2 Å². The lowest BCUT2D eigenvalue weighted by Crippen LogP contribution is -2.18. The molecule has 2 aliphatic carbocycles. The Bertz CT molecular complexity index is 1360. The molecule has 0 saturated heterocycles. The van der Waals surface area contributed by atoms with Crippen molar-refractivity contribution in [3.63, 3.8) is 0 Å². The zero-order chi connectivity index (χ0) is 26.3. The van der Waals surface area contributed by atoms with E-state index >= 15 is 0 Å². The molecule has 2 aromatic carbocycles. The molecule has 5 rings (SSSR count). The number of hydrogen-bond donors (Lipinski definition) is 1. The van der Waals surface area contributed by atoms with Gasteiger partial charge in [0.15, 0.2) is 5.78 Å². The standard InChI is InChI=1S/C30H29Cl3N2O2/c1-16(2)18-10-19(14-35-13-18)22-12-23(22)21-9-8-20(11-27(21)33)37-15-24(30(36)17-6-7-17)29(34)28-25(31)4-3-5-26(28)32/h3-5,8-11,13-14,16-17,22-23H,6-7,12,15,34H2,1-2H3. The lowest BCUT2D eigenvalue weighted by atomic mass is 10.0. The summed E-state index contributed by atoms with van der Waals surface area (Å²) in [5.74, 6) is 1.75. The summed E-state index contributed by atoms with van der Waals surface area (Å²) < 4.78 is 6.04. The van der Waals surface area contributed by atoms with Crippen LogP contribution in [0.2, 0.25) is 15.1 Å². The largest absolute Gasteiger partial charge is 0.489 e. The number of ether oxygens (including phenoxy) is 1. The van der Waals surface area contributed by atoms with Crippen molar-refractivity contribution in [1.29, 1.82) is 0 Å². The van der Waals surface area contributed by atoms with Gasteiger partial charge in [0.25, 0.3) is 0 Å². The molecule has 2 saturated carbocycles. The third kappa shape index (κ3) is 5.67. The summed E-state index contributed by atoms with van der Waals surface area (Å²) in [5.41, 5.74) is 11.2. The van der Waals surface area contributed by atoms with E-state index in [9.17, 15) is 4.79 Å². The molecule has 0 bridgehead atoms. The zero-order valence-corrected chi connectivity index (χ0v) is 23.1. The van der Waals surface area contributed by atoms with Crippen molar-refractivity contribution >= 4 is 46.3 Å². The van der Waals surface area contributed by atoms with Gasteiger partial charge in [-0.15, -0.1) is 0 Å². The average Bonchev–Trinajstić information content (AvgIpc) is 3.78. The lowest BCUT2D eigenvalue weighted by Gasteiger charge is -2.15. The number of pyridine rings is 1. The zero-order valence-electron chi connectivity index (χ0n) is 20.8. The fourth-order valence-electron chi connectivity index (χ4n) is 4.74. The molecule has 37 heavy (non-hydrogen) atoms.